The molecule has 6 nitrogen and oxygen atoms in total. The maximum Gasteiger partial charge on any atom is 0.321 e. The number of carbonyl (C=O) groups is 1. The second kappa shape index (κ2) is 10.2. The lowest BCUT2D eigenvalue weighted by Gasteiger charge is -2.16. The maximum atomic E-state index is 13.8. The second-order valence-corrected chi connectivity index (χ2v) is 7.70. The van der Waals surface area contributed by atoms with Gasteiger partial charge in [0.15, 0.2) is 11.5 Å². The van der Waals surface area contributed by atoms with Crippen molar-refractivity contribution in [2.45, 2.75) is 25.6 Å². The van der Waals surface area contributed by atoms with Crippen LogP contribution >= 0.6 is 0 Å². The number of para-hydroxylation sites is 1. The van der Waals surface area contributed by atoms with Crippen molar-refractivity contribution in [1.29, 1.82) is 0 Å². The highest BCUT2D eigenvalue weighted by Gasteiger charge is 2.19. The van der Waals surface area contributed by atoms with Gasteiger partial charge in [-0.3, -0.25) is 4.79 Å². The third-order valence-corrected chi connectivity index (χ3v) is 5.52. The number of aromatic amines is 1. The van der Waals surface area contributed by atoms with Crippen molar-refractivity contribution >= 4 is 16.9 Å². The number of rotatable bonds is 10. The fraction of sp³-hybridized carbons (Fsp3) is 0.192. The van der Waals surface area contributed by atoms with Gasteiger partial charge in [-0.25, -0.2) is 4.39 Å². The van der Waals surface area contributed by atoms with Crippen LogP contribution in [0, 0.1) is 5.82 Å². The number of aliphatic carboxylic acids is 1. The van der Waals surface area contributed by atoms with Gasteiger partial charge in [0.05, 0.1) is 7.11 Å². The number of carboxylic acids is 1. The van der Waals surface area contributed by atoms with E-state index in [0.717, 1.165) is 22.0 Å². The lowest BCUT2D eigenvalue weighted by atomic mass is 10.0. The zero-order valence-corrected chi connectivity index (χ0v) is 18.2. The van der Waals surface area contributed by atoms with Gasteiger partial charge >= 0.3 is 5.97 Å². The quantitative estimate of drug-likeness (QED) is 0.328. The van der Waals surface area contributed by atoms with E-state index in [1.165, 1.54) is 13.2 Å². The molecule has 0 spiro atoms. The van der Waals surface area contributed by atoms with Crippen molar-refractivity contribution in [1.82, 2.24) is 10.3 Å². The van der Waals surface area contributed by atoms with Crippen molar-refractivity contribution in [3.63, 3.8) is 0 Å². The van der Waals surface area contributed by atoms with Crippen molar-refractivity contribution < 1.29 is 23.8 Å². The Balaban J connectivity index is 1.42. The molecule has 0 aliphatic heterocycles. The standard InChI is InChI=1S/C26H25FN2O4/c1-32-25-12-17(10-11-24(25)33-16-18-6-2-4-8-21(18)27)14-28-23(26(30)31)13-19-15-29-22-9-5-3-7-20(19)22/h2-12,15,23,28-29H,13-14,16H2,1H3,(H,30,31). The maximum absolute atomic E-state index is 13.8. The normalized spacial score (nSPS) is 11.9. The summed E-state index contributed by atoms with van der Waals surface area (Å²) < 4.78 is 25.0. The van der Waals surface area contributed by atoms with Crippen LogP contribution in [0.4, 0.5) is 4.39 Å². The highest BCUT2D eigenvalue weighted by molar-refractivity contribution is 5.84. The lowest BCUT2D eigenvalue weighted by molar-refractivity contribution is -0.139. The molecule has 0 aliphatic rings. The molecule has 3 aromatic carbocycles. The number of nitrogens with one attached hydrogen (secondary N) is 2. The summed E-state index contributed by atoms with van der Waals surface area (Å²) in [4.78, 5) is 15.0. The number of H-pyrrole nitrogens is 1. The summed E-state index contributed by atoms with van der Waals surface area (Å²) in [6.07, 6.45) is 2.20. The van der Waals surface area contributed by atoms with Crippen LogP contribution in [-0.2, 0) is 24.4 Å². The number of halogens is 1. The number of benzene rings is 3. The molecule has 1 atom stereocenters. The van der Waals surface area contributed by atoms with Crippen LogP contribution in [0.25, 0.3) is 10.9 Å². The van der Waals surface area contributed by atoms with Gasteiger partial charge < -0.3 is 24.9 Å². The number of ether oxygens (including phenoxy) is 2. The van der Waals surface area contributed by atoms with Crippen LogP contribution in [0.15, 0.2) is 72.9 Å². The summed E-state index contributed by atoms with van der Waals surface area (Å²) in [6.45, 7) is 0.412. The minimum atomic E-state index is -0.919. The van der Waals surface area contributed by atoms with Gasteiger partial charge in [-0.1, -0.05) is 42.5 Å². The first-order chi connectivity index (χ1) is 16.0. The van der Waals surface area contributed by atoms with Gasteiger partial charge in [-0.15, -0.1) is 0 Å². The van der Waals surface area contributed by atoms with Crippen LogP contribution in [0.2, 0.25) is 0 Å². The van der Waals surface area contributed by atoms with Crippen molar-refractivity contribution in [3.8, 4) is 11.5 Å². The average Bonchev–Trinajstić information content (AvgIpc) is 3.24. The molecule has 0 radical (unpaired) electrons. The molecule has 0 saturated carbocycles. The lowest BCUT2D eigenvalue weighted by Crippen LogP contribution is -2.38. The van der Waals surface area contributed by atoms with E-state index in [9.17, 15) is 14.3 Å². The molecule has 33 heavy (non-hydrogen) atoms. The fourth-order valence-corrected chi connectivity index (χ4v) is 3.72. The van der Waals surface area contributed by atoms with Gasteiger partial charge in [0.1, 0.15) is 18.5 Å². The molecule has 0 bridgehead atoms. The van der Waals surface area contributed by atoms with E-state index in [4.69, 9.17) is 9.47 Å². The summed E-state index contributed by atoms with van der Waals surface area (Å²) in [7, 11) is 1.53. The van der Waals surface area contributed by atoms with Crippen molar-refractivity contribution in [3.05, 3.63) is 95.4 Å². The third kappa shape index (κ3) is 5.32. The number of methoxy groups -OCH3 is 1. The number of fused-ring (bicyclic) bond motifs is 1. The summed E-state index contributed by atoms with van der Waals surface area (Å²) in [5.41, 5.74) is 3.22. The molecule has 1 unspecified atom stereocenters. The Hall–Kier alpha value is -3.84. The van der Waals surface area contributed by atoms with Gasteiger partial charge in [0, 0.05) is 35.6 Å². The van der Waals surface area contributed by atoms with E-state index < -0.39 is 12.0 Å². The summed E-state index contributed by atoms with van der Waals surface area (Å²) >= 11 is 0. The first-order valence-electron chi connectivity index (χ1n) is 10.6. The summed E-state index contributed by atoms with van der Waals surface area (Å²) in [5.74, 6) is -0.267. The zero-order chi connectivity index (χ0) is 23.2. The number of hydrogen-bond acceptors (Lipinski definition) is 4. The van der Waals surface area contributed by atoms with Crippen molar-refractivity contribution in [2.24, 2.45) is 0 Å². The van der Waals surface area contributed by atoms with E-state index >= 15 is 0 Å². The van der Waals surface area contributed by atoms with E-state index in [2.05, 4.69) is 10.3 Å². The number of aromatic nitrogens is 1. The van der Waals surface area contributed by atoms with Gasteiger partial charge in [0.2, 0.25) is 0 Å². The summed E-state index contributed by atoms with van der Waals surface area (Å²) in [6, 6.07) is 18.9. The highest BCUT2D eigenvalue weighted by atomic mass is 19.1. The minimum Gasteiger partial charge on any atom is -0.493 e. The Bertz CT molecular complexity index is 1250. The molecule has 170 valence electrons. The Morgan fingerprint density at radius 1 is 1.06 bits per heavy atom. The highest BCUT2D eigenvalue weighted by Crippen LogP contribution is 2.29. The topological polar surface area (TPSA) is 83.6 Å². The van der Waals surface area contributed by atoms with Crippen LogP contribution in [0.3, 0.4) is 0 Å². The smallest absolute Gasteiger partial charge is 0.321 e. The molecule has 3 N–H and O–H groups in total. The Kier molecular flexibility index (Phi) is 6.90. The first-order valence-corrected chi connectivity index (χ1v) is 10.6. The third-order valence-electron chi connectivity index (χ3n) is 5.52. The van der Waals surface area contributed by atoms with E-state index in [-0.39, 0.29) is 12.4 Å². The van der Waals surface area contributed by atoms with Gasteiger partial charge in [-0.05, 0) is 35.4 Å². The van der Waals surface area contributed by atoms with E-state index in [1.54, 1.807) is 30.3 Å². The van der Waals surface area contributed by atoms with Crippen LogP contribution in [0.1, 0.15) is 16.7 Å². The average molecular weight is 448 g/mol. The molecule has 0 aliphatic carbocycles. The Morgan fingerprint density at radius 2 is 1.85 bits per heavy atom. The molecule has 0 saturated heterocycles. The van der Waals surface area contributed by atoms with E-state index in [1.807, 2.05) is 36.5 Å². The largest absolute Gasteiger partial charge is 0.493 e. The van der Waals surface area contributed by atoms with Crippen LogP contribution in [-0.4, -0.2) is 29.2 Å². The monoisotopic (exact) mass is 448 g/mol. The summed E-state index contributed by atoms with van der Waals surface area (Å²) in [5, 5.41) is 13.9. The number of carboxylic acid groups (broad SMARTS) is 1. The molecule has 0 amide bonds. The van der Waals surface area contributed by atoms with Crippen LogP contribution in [0.5, 0.6) is 11.5 Å². The Morgan fingerprint density at radius 3 is 2.64 bits per heavy atom. The minimum absolute atomic E-state index is 0.0757. The van der Waals surface area contributed by atoms with Crippen molar-refractivity contribution in [2.75, 3.05) is 7.11 Å². The number of hydrogen-bond donors (Lipinski definition) is 3. The van der Waals surface area contributed by atoms with Gasteiger partial charge in [-0.2, -0.15) is 0 Å². The molecule has 4 rings (SSSR count). The van der Waals surface area contributed by atoms with Crippen LogP contribution < -0.4 is 14.8 Å². The predicted octanol–water partition coefficient (Wildman–Crippen LogP) is 4.68. The molecular weight excluding hydrogens is 423 g/mol. The van der Waals surface area contributed by atoms with Gasteiger partial charge in [0.25, 0.3) is 0 Å². The Labute approximate surface area is 191 Å². The molecule has 1 heterocycles. The molecule has 0 fully saturated rings. The molecule has 1 aromatic heterocycles. The first kappa shape index (κ1) is 22.4. The molecule has 7 heteroatoms. The molecular formula is C26H25FN2O4. The molecule has 4 aromatic rings. The fourth-order valence-electron chi connectivity index (χ4n) is 3.72. The predicted molar refractivity (Wildman–Crippen MR) is 124 cm³/mol. The van der Waals surface area contributed by atoms with E-state index in [0.29, 0.717) is 30.0 Å². The second-order valence-electron chi connectivity index (χ2n) is 7.70. The zero-order valence-electron chi connectivity index (χ0n) is 18.2. The SMILES string of the molecule is COc1cc(CNC(Cc2c[nH]c3ccccc23)C(=O)O)ccc1OCc1ccccc1F.